The Hall–Kier alpha value is -3.15. The first-order chi connectivity index (χ1) is 12.7. The van der Waals surface area contributed by atoms with Gasteiger partial charge in [0.2, 0.25) is 5.82 Å². The van der Waals surface area contributed by atoms with Crippen LogP contribution in [-0.4, -0.2) is 29.2 Å². The summed E-state index contributed by atoms with van der Waals surface area (Å²) >= 11 is 0. The van der Waals surface area contributed by atoms with Crippen molar-refractivity contribution in [3.8, 4) is 11.4 Å². The number of hydrogen-bond donors (Lipinski definition) is 0. The van der Waals surface area contributed by atoms with Crippen LogP contribution in [0.25, 0.3) is 11.4 Å². The zero-order valence-electron chi connectivity index (χ0n) is 14.9. The predicted octanol–water partition coefficient (Wildman–Crippen LogP) is 3.94. The number of aromatic nitrogens is 2. The van der Waals surface area contributed by atoms with Crippen LogP contribution in [0.2, 0.25) is 0 Å². The molecule has 0 radical (unpaired) electrons. The van der Waals surface area contributed by atoms with E-state index in [9.17, 15) is 4.79 Å². The number of hydrogen-bond acceptors (Lipinski definition) is 6. The van der Waals surface area contributed by atoms with Crippen LogP contribution in [0.15, 0.2) is 59.1 Å². The summed E-state index contributed by atoms with van der Waals surface area (Å²) in [7, 11) is 0. The Bertz CT molecular complexity index is 840. The van der Waals surface area contributed by atoms with Crippen molar-refractivity contribution in [1.82, 2.24) is 10.1 Å². The summed E-state index contributed by atoms with van der Waals surface area (Å²) in [5.74, 6) is 0.313. The fourth-order valence-corrected chi connectivity index (χ4v) is 2.63. The van der Waals surface area contributed by atoms with Crippen LogP contribution in [0.3, 0.4) is 0 Å². The molecule has 134 valence electrons. The van der Waals surface area contributed by atoms with Gasteiger partial charge in [-0.05, 0) is 38.1 Å². The van der Waals surface area contributed by atoms with Crippen LogP contribution >= 0.6 is 0 Å². The van der Waals surface area contributed by atoms with E-state index in [4.69, 9.17) is 9.26 Å². The minimum Gasteiger partial charge on any atom is -0.452 e. The predicted molar refractivity (Wildman–Crippen MR) is 98.9 cm³/mol. The number of carbonyl (C=O) groups excluding carboxylic acids is 1. The lowest BCUT2D eigenvalue weighted by Crippen LogP contribution is -2.21. The van der Waals surface area contributed by atoms with E-state index < -0.39 is 5.97 Å². The number of nitrogens with zero attached hydrogens (tertiary/aromatic N) is 3. The van der Waals surface area contributed by atoms with Crippen molar-refractivity contribution >= 4 is 11.7 Å². The maximum Gasteiger partial charge on any atom is 0.338 e. The van der Waals surface area contributed by atoms with Crippen molar-refractivity contribution in [2.45, 2.75) is 20.5 Å². The Labute approximate surface area is 152 Å². The molecule has 0 atom stereocenters. The third-order valence-corrected chi connectivity index (χ3v) is 4.06. The van der Waals surface area contributed by atoms with Crippen molar-refractivity contribution in [2.75, 3.05) is 18.0 Å². The molecular formula is C20H21N3O3. The minimum atomic E-state index is -0.421. The molecule has 0 unspecified atom stereocenters. The lowest BCUT2D eigenvalue weighted by Gasteiger charge is -2.20. The van der Waals surface area contributed by atoms with E-state index in [1.165, 1.54) is 0 Å². The third-order valence-electron chi connectivity index (χ3n) is 4.06. The largest absolute Gasteiger partial charge is 0.452 e. The molecule has 0 bridgehead atoms. The van der Waals surface area contributed by atoms with Gasteiger partial charge >= 0.3 is 5.97 Å². The van der Waals surface area contributed by atoms with Crippen LogP contribution < -0.4 is 4.90 Å². The molecular weight excluding hydrogens is 330 g/mol. The number of ether oxygens (including phenoxy) is 1. The van der Waals surface area contributed by atoms with Gasteiger partial charge in [0.1, 0.15) is 0 Å². The van der Waals surface area contributed by atoms with Gasteiger partial charge in [-0.3, -0.25) is 0 Å². The highest BCUT2D eigenvalue weighted by molar-refractivity contribution is 5.89. The Balaban J connectivity index is 1.60. The number of rotatable bonds is 7. The molecule has 0 aliphatic carbocycles. The van der Waals surface area contributed by atoms with Crippen LogP contribution in [-0.2, 0) is 11.3 Å². The molecule has 6 nitrogen and oxygen atoms in total. The summed E-state index contributed by atoms with van der Waals surface area (Å²) in [6.07, 6.45) is 0. The zero-order valence-corrected chi connectivity index (χ0v) is 14.9. The maximum atomic E-state index is 12.2. The molecule has 0 aliphatic heterocycles. The maximum absolute atomic E-state index is 12.2. The van der Waals surface area contributed by atoms with E-state index in [0.717, 1.165) is 24.3 Å². The number of anilines is 1. The summed E-state index contributed by atoms with van der Waals surface area (Å²) in [6, 6.07) is 16.8. The first-order valence-corrected chi connectivity index (χ1v) is 8.61. The molecule has 2 aromatic carbocycles. The topological polar surface area (TPSA) is 68.5 Å². The van der Waals surface area contributed by atoms with Gasteiger partial charge in [-0.25, -0.2) is 4.79 Å². The molecule has 0 spiro atoms. The third kappa shape index (κ3) is 4.08. The second-order valence-electron chi connectivity index (χ2n) is 5.67. The molecule has 0 aliphatic rings. The molecule has 0 N–H and O–H groups in total. The van der Waals surface area contributed by atoms with Gasteiger partial charge in [-0.2, -0.15) is 4.98 Å². The van der Waals surface area contributed by atoms with Gasteiger partial charge in [0.25, 0.3) is 5.89 Å². The van der Waals surface area contributed by atoms with Gasteiger partial charge in [0.15, 0.2) is 6.61 Å². The summed E-state index contributed by atoms with van der Waals surface area (Å²) in [5, 5.41) is 3.90. The van der Waals surface area contributed by atoms with Crippen LogP contribution in [0.1, 0.15) is 30.1 Å². The second kappa shape index (κ2) is 8.29. The van der Waals surface area contributed by atoms with Gasteiger partial charge in [0.05, 0.1) is 5.56 Å². The first-order valence-electron chi connectivity index (χ1n) is 8.61. The van der Waals surface area contributed by atoms with Crippen molar-refractivity contribution in [2.24, 2.45) is 0 Å². The van der Waals surface area contributed by atoms with Gasteiger partial charge in [-0.15, -0.1) is 0 Å². The minimum absolute atomic E-state index is 0.0591. The lowest BCUT2D eigenvalue weighted by molar-refractivity contribution is 0.0430. The van der Waals surface area contributed by atoms with Crippen LogP contribution in [0.4, 0.5) is 5.69 Å². The molecule has 3 rings (SSSR count). The smallest absolute Gasteiger partial charge is 0.338 e. The van der Waals surface area contributed by atoms with Gasteiger partial charge < -0.3 is 14.2 Å². The van der Waals surface area contributed by atoms with Gasteiger partial charge in [0, 0.05) is 24.3 Å². The highest BCUT2D eigenvalue weighted by Crippen LogP contribution is 2.17. The molecule has 0 saturated carbocycles. The van der Waals surface area contributed by atoms with Crippen LogP contribution in [0.5, 0.6) is 0 Å². The summed E-state index contributed by atoms with van der Waals surface area (Å²) in [4.78, 5) is 18.6. The molecule has 1 aromatic heterocycles. The summed E-state index contributed by atoms with van der Waals surface area (Å²) in [6.45, 7) is 5.97. The highest BCUT2D eigenvalue weighted by Gasteiger charge is 2.13. The summed E-state index contributed by atoms with van der Waals surface area (Å²) < 4.78 is 10.4. The highest BCUT2D eigenvalue weighted by atomic mass is 16.6. The SMILES string of the molecule is CCN(CC)c1ccc(C(=O)OCc2nc(-c3ccccc3)no2)cc1. The van der Waals surface area contributed by atoms with E-state index in [2.05, 4.69) is 28.9 Å². The average Bonchev–Trinajstić information content (AvgIpc) is 3.17. The monoisotopic (exact) mass is 351 g/mol. The molecule has 0 saturated heterocycles. The zero-order chi connectivity index (χ0) is 18.4. The van der Waals surface area contributed by atoms with E-state index in [-0.39, 0.29) is 12.5 Å². The summed E-state index contributed by atoms with van der Waals surface area (Å²) in [5.41, 5.74) is 2.42. The quantitative estimate of drug-likeness (QED) is 0.601. The van der Waals surface area contributed by atoms with E-state index in [1.807, 2.05) is 42.5 Å². The second-order valence-corrected chi connectivity index (χ2v) is 5.67. The normalized spacial score (nSPS) is 10.5. The Morgan fingerprint density at radius 2 is 1.73 bits per heavy atom. The van der Waals surface area contributed by atoms with E-state index >= 15 is 0 Å². The number of benzene rings is 2. The lowest BCUT2D eigenvalue weighted by atomic mass is 10.2. The van der Waals surface area contributed by atoms with Crippen LogP contribution in [0, 0.1) is 0 Å². The van der Waals surface area contributed by atoms with Gasteiger partial charge in [-0.1, -0.05) is 35.5 Å². The molecule has 6 heteroatoms. The molecule has 0 fully saturated rings. The standard InChI is InChI=1S/C20H21N3O3/c1-3-23(4-2)17-12-10-16(11-13-17)20(24)25-14-18-21-19(22-26-18)15-8-6-5-7-9-15/h5-13H,3-4,14H2,1-2H3. The average molecular weight is 351 g/mol. The molecule has 1 heterocycles. The number of carbonyl (C=O) groups is 1. The van der Waals surface area contributed by atoms with E-state index in [0.29, 0.717) is 11.4 Å². The van der Waals surface area contributed by atoms with Crippen molar-refractivity contribution in [3.63, 3.8) is 0 Å². The Morgan fingerprint density at radius 3 is 2.38 bits per heavy atom. The van der Waals surface area contributed by atoms with Crippen molar-refractivity contribution in [1.29, 1.82) is 0 Å². The Kier molecular flexibility index (Phi) is 5.63. The molecule has 0 amide bonds. The van der Waals surface area contributed by atoms with Crippen molar-refractivity contribution in [3.05, 3.63) is 66.1 Å². The molecule has 26 heavy (non-hydrogen) atoms. The fraction of sp³-hybridized carbons (Fsp3) is 0.250. The molecule has 3 aromatic rings. The van der Waals surface area contributed by atoms with E-state index in [1.54, 1.807) is 12.1 Å². The van der Waals surface area contributed by atoms with Crippen molar-refractivity contribution < 1.29 is 14.1 Å². The fourth-order valence-electron chi connectivity index (χ4n) is 2.63. The first kappa shape index (κ1) is 17.7. The number of esters is 1. The Morgan fingerprint density at radius 1 is 1.04 bits per heavy atom.